The molecule has 1 aromatic carbocycles. The van der Waals surface area contributed by atoms with Crippen molar-refractivity contribution in [3.8, 4) is 11.4 Å². The summed E-state index contributed by atoms with van der Waals surface area (Å²) in [4.78, 5) is 57.3. The minimum absolute atomic E-state index is 0.112. The van der Waals surface area contributed by atoms with Crippen LogP contribution in [-0.2, 0) is 0 Å². The van der Waals surface area contributed by atoms with Gasteiger partial charge in [-0.25, -0.2) is 4.98 Å². The number of likely N-dealkylation sites (tertiary alicyclic amines) is 1. The molecule has 2 aliphatic rings. The Morgan fingerprint density at radius 2 is 1.79 bits per heavy atom. The van der Waals surface area contributed by atoms with E-state index in [-0.39, 0.29) is 35.5 Å². The summed E-state index contributed by atoms with van der Waals surface area (Å²) in [7, 11) is 2.03. The number of carbonyl (C=O) groups excluding carboxylic acids is 2. The van der Waals surface area contributed by atoms with Crippen LogP contribution >= 0.6 is 0 Å². The first kappa shape index (κ1) is 24.0. The second-order valence-electron chi connectivity index (χ2n) is 9.79. The van der Waals surface area contributed by atoms with Crippen molar-refractivity contribution in [2.45, 2.75) is 25.0 Å². The van der Waals surface area contributed by atoms with E-state index in [9.17, 15) is 19.5 Å². The number of carbonyl (C=O) groups is 2. The van der Waals surface area contributed by atoms with Crippen molar-refractivity contribution in [1.29, 1.82) is 0 Å². The van der Waals surface area contributed by atoms with Crippen molar-refractivity contribution in [2.24, 2.45) is 0 Å². The number of imide groups is 1. The lowest BCUT2D eigenvalue weighted by atomic mass is 10.0. The van der Waals surface area contributed by atoms with E-state index >= 15 is 0 Å². The third-order valence-electron chi connectivity index (χ3n) is 7.35. The number of nitrogens with one attached hydrogen (secondary N) is 3. The summed E-state index contributed by atoms with van der Waals surface area (Å²) in [5, 5.41) is 13.7. The minimum atomic E-state index is -0.812. The van der Waals surface area contributed by atoms with E-state index in [0.717, 1.165) is 25.9 Å². The largest absolute Gasteiger partial charge is 0.387 e. The van der Waals surface area contributed by atoms with Gasteiger partial charge in [-0.1, -0.05) is 0 Å². The maximum absolute atomic E-state index is 13.2. The molecule has 2 aliphatic heterocycles. The van der Waals surface area contributed by atoms with Gasteiger partial charge in [0, 0.05) is 31.2 Å². The molecule has 0 bridgehead atoms. The highest BCUT2D eigenvalue weighted by molar-refractivity contribution is 6.23. The zero-order valence-electron chi connectivity index (χ0n) is 20.8. The Morgan fingerprint density at radius 1 is 1.08 bits per heavy atom. The predicted molar refractivity (Wildman–Crippen MR) is 141 cm³/mol. The fraction of sp³-hybridized carbons (Fsp3) is 0.296. The van der Waals surface area contributed by atoms with Crippen LogP contribution in [0.25, 0.3) is 22.4 Å². The number of hydrogen-bond acceptors (Lipinski definition) is 8. The fourth-order valence-electron chi connectivity index (χ4n) is 5.24. The maximum Gasteiger partial charge on any atom is 0.261 e. The van der Waals surface area contributed by atoms with Gasteiger partial charge in [0.25, 0.3) is 17.4 Å². The summed E-state index contributed by atoms with van der Waals surface area (Å²) < 4.78 is 0. The average molecular weight is 514 g/mol. The monoisotopic (exact) mass is 513 g/mol. The van der Waals surface area contributed by atoms with Crippen molar-refractivity contribution >= 4 is 28.5 Å². The SMILES string of the molecule is CN1CCC(N2C(=O)c3cc4nc(-c5c(NCC(O)c6ccncc6)cc[nH]c5=O)[nH]c4cc3C2=O)CC1. The highest BCUT2D eigenvalue weighted by atomic mass is 16.3. The number of pyridine rings is 2. The molecule has 1 unspecified atom stereocenters. The number of nitrogens with zero attached hydrogens (tertiary/aromatic N) is 4. The smallest absolute Gasteiger partial charge is 0.261 e. The van der Waals surface area contributed by atoms with Gasteiger partial charge >= 0.3 is 0 Å². The number of aliphatic hydroxyl groups excluding tert-OH is 1. The van der Waals surface area contributed by atoms with Crippen molar-refractivity contribution < 1.29 is 14.7 Å². The number of imidazole rings is 1. The third kappa shape index (κ3) is 4.15. The van der Waals surface area contributed by atoms with E-state index in [1.165, 1.54) is 11.1 Å². The zero-order valence-corrected chi connectivity index (χ0v) is 20.8. The molecule has 0 spiro atoms. The molecule has 0 aliphatic carbocycles. The summed E-state index contributed by atoms with van der Waals surface area (Å²) in [6, 6.07) is 8.29. The fourth-order valence-corrected chi connectivity index (χ4v) is 5.24. The first-order valence-electron chi connectivity index (χ1n) is 12.5. The minimum Gasteiger partial charge on any atom is -0.387 e. The van der Waals surface area contributed by atoms with Crippen LogP contribution in [0.5, 0.6) is 0 Å². The molecule has 5 heterocycles. The zero-order chi connectivity index (χ0) is 26.4. The molecule has 194 valence electrons. The molecule has 11 heteroatoms. The predicted octanol–water partition coefficient (Wildman–Crippen LogP) is 2.15. The lowest BCUT2D eigenvalue weighted by molar-refractivity contribution is 0.0516. The first-order valence-corrected chi connectivity index (χ1v) is 12.5. The van der Waals surface area contributed by atoms with Crippen LogP contribution in [0.2, 0.25) is 0 Å². The van der Waals surface area contributed by atoms with Crippen LogP contribution < -0.4 is 10.9 Å². The Kier molecular flexibility index (Phi) is 6.01. The molecular formula is C27H27N7O4. The number of fused-ring (bicyclic) bond motifs is 2. The third-order valence-corrected chi connectivity index (χ3v) is 7.35. The molecule has 0 saturated carbocycles. The maximum atomic E-state index is 13.2. The summed E-state index contributed by atoms with van der Waals surface area (Å²) in [6.07, 6.45) is 5.42. The van der Waals surface area contributed by atoms with Crippen LogP contribution in [0.3, 0.4) is 0 Å². The molecule has 1 saturated heterocycles. The Bertz CT molecular complexity index is 1540. The summed E-state index contributed by atoms with van der Waals surface area (Å²) in [6.45, 7) is 1.83. The average Bonchev–Trinajstić information content (AvgIpc) is 3.44. The highest BCUT2D eigenvalue weighted by Gasteiger charge is 2.41. The number of H-pyrrole nitrogens is 2. The van der Waals surface area contributed by atoms with Gasteiger partial charge < -0.3 is 25.3 Å². The van der Waals surface area contributed by atoms with Crippen molar-refractivity contribution in [1.82, 2.24) is 29.7 Å². The van der Waals surface area contributed by atoms with Crippen LogP contribution in [0.1, 0.15) is 45.2 Å². The summed E-state index contributed by atoms with van der Waals surface area (Å²) in [5.41, 5.74) is 2.77. The normalized spacial score (nSPS) is 17.3. The quantitative estimate of drug-likeness (QED) is 0.287. The number of piperidine rings is 1. The van der Waals surface area contributed by atoms with Crippen LogP contribution in [0.15, 0.2) is 53.7 Å². The first-order chi connectivity index (χ1) is 18.4. The molecule has 4 aromatic rings. The van der Waals surface area contributed by atoms with Gasteiger partial charge in [0.2, 0.25) is 0 Å². The van der Waals surface area contributed by atoms with Crippen molar-refractivity contribution in [3.63, 3.8) is 0 Å². The molecular weight excluding hydrogens is 486 g/mol. The van der Waals surface area contributed by atoms with Gasteiger partial charge in [0.15, 0.2) is 0 Å². The highest BCUT2D eigenvalue weighted by Crippen LogP contribution is 2.32. The van der Waals surface area contributed by atoms with Crippen LogP contribution in [0.4, 0.5) is 5.69 Å². The Hall–Kier alpha value is -4.35. The number of rotatable bonds is 6. The van der Waals surface area contributed by atoms with Gasteiger partial charge in [-0.3, -0.25) is 24.3 Å². The number of amides is 2. The topological polar surface area (TPSA) is 147 Å². The van der Waals surface area contributed by atoms with Crippen molar-refractivity contribution in [3.05, 3.63) is 76.0 Å². The molecule has 4 N–H and O–H groups in total. The standard InChI is InChI=1S/C27H27N7O4/c1-33-10-5-16(6-11-33)34-26(37)17-12-20-21(13-18(17)27(34)38)32-24(31-20)23-19(4-9-29-25(23)36)30-14-22(35)15-2-7-28-8-3-15/h2-4,7-9,12-13,16,22,35H,5-6,10-11,14H2,1H3,(H,31,32)(H2,29,30,36). The lowest BCUT2D eigenvalue weighted by Gasteiger charge is -2.33. The van der Waals surface area contributed by atoms with E-state index in [0.29, 0.717) is 39.2 Å². The number of aromatic amines is 2. The van der Waals surface area contributed by atoms with Gasteiger partial charge in [0.05, 0.1) is 34.0 Å². The van der Waals surface area contributed by atoms with E-state index in [1.807, 2.05) is 7.05 Å². The summed E-state index contributed by atoms with van der Waals surface area (Å²) in [5.74, 6) is -0.294. The van der Waals surface area contributed by atoms with E-state index < -0.39 is 6.10 Å². The Balaban J connectivity index is 1.30. The second-order valence-corrected chi connectivity index (χ2v) is 9.79. The van der Waals surface area contributed by atoms with Crippen LogP contribution in [0, 0.1) is 0 Å². The van der Waals surface area contributed by atoms with E-state index in [2.05, 4.69) is 30.2 Å². The Labute approximate surface area is 217 Å². The van der Waals surface area contributed by atoms with Gasteiger partial charge in [-0.05, 0) is 68.9 Å². The van der Waals surface area contributed by atoms with E-state index in [4.69, 9.17) is 0 Å². The molecule has 1 atom stereocenters. The summed E-state index contributed by atoms with van der Waals surface area (Å²) >= 11 is 0. The van der Waals surface area contributed by atoms with Gasteiger partial charge in [0.1, 0.15) is 11.4 Å². The number of aliphatic hydroxyl groups is 1. The molecule has 1 fully saturated rings. The molecule has 0 radical (unpaired) electrons. The second kappa shape index (κ2) is 9.51. The molecule has 11 nitrogen and oxygen atoms in total. The van der Waals surface area contributed by atoms with Gasteiger partial charge in [-0.15, -0.1) is 0 Å². The number of benzene rings is 1. The van der Waals surface area contributed by atoms with Gasteiger partial charge in [-0.2, -0.15) is 0 Å². The molecule has 6 rings (SSSR count). The molecule has 2 amide bonds. The van der Waals surface area contributed by atoms with E-state index in [1.54, 1.807) is 42.7 Å². The Morgan fingerprint density at radius 3 is 2.53 bits per heavy atom. The van der Waals surface area contributed by atoms with Crippen molar-refractivity contribution in [2.75, 3.05) is 32.0 Å². The number of hydrogen-bond donors (Lipinski definition) is 4. The lowest BCUT2D eigenvalue weighted by Crippen LogP contribution is -2.46. The van der Waals surface area contributed by atoms with Crippen LogP contribution in [-0.4, -0.2) is 79.4 Å². The number of aromatic nitrogens is 4. The number of anilines is 1. The molecule has 3 aromatic heterocycles. The molecule has 38 heavy (non-hydrogen) atoms.